The molecule has 1 aromatic carbocycles. The van der Waals surface area contributed by atoms with Crippen LogP contribution < -0.4 is 15.0 Å². The number of hydrogen-bond acceptors (Lipinski definition) is 4. The number of aromatic nitrogens is 3. The van der Waals surface area contributed by atoms with Crippen molar-refractivity contribution in [3.8, 4) is 11.6 Å². The summed E-state index contributed by atoms with van der Waals surface area (Å²) in [5, 5.41) is 4.19. The van der Waals surface area contributed by atoms with Crippen molar-refractivity contribution >= 4 is 23.0 Å². The average molecular weight is 456 g/mol. The van der Waals surface area contributed by atoms with Crippen molar-refractivity contribution in [1.82, 2.24) is 19.9 Å². The lowest BCUT2D eigenvalue weighted by Gasteiger charge is -2.28. The van der Waals surface area contributed by atoms with Gasteiger partial charge in [0.05, 0.1) is 24.9 Å². The molecule has 0 saturated carbocycles. The van der Waals surface area contributed by atoms with Crippen LogP contribution in [0.3, 0.4) is 0 Å². The minimum absolute atomic E-state index is 0.0943. The highest BCUT2D eigenvalue weighted by Crippen LogP contribution is 2.44. The van der Waals surface area contributed by atoms with Crippen LogP contribution >= 0.6 is 12.2 Å². The largest absolute Gasteiger partial charge is 0.497 e. The zero-order chi connectivity index (χ0) is 22.9. The SMILES string of the molecule is COc1cccc(N2C(=S)N[C@H](c3ccccn3)[C@@H]2c2cc(C)n(-c3ccccn3)c2C)c1. The van der Waals surface area contributed by atoms with Gasteiger partial charge < -0.3 is 19.5 Å². The van der Waals surface area contributed by atoms with E-state index in [1.54, 1.807) is 7.11 Å². The molecule has 7 heteroatoms. The normalized spacial score (nSPS) is 17.8. The van der Waals surface area contributed by atoms with Gasteiger partial charge >= 0.3 is 0 Å². The smallest absolute Gasteiger partial charge is 0.174 e. The van der Waals surface area contributed by atoms with E-state index in [0.29, 0.717) is 5.11 Å². The lowest BCUT2D eigenvalue weighted by atomic mass is 9.96. The molecule has 5 rings (SSSR count). The van der Waals surface area contributed by atoms with Crippen molar-refractivity contribution in [2.24, 2.45) is 0 Å². The maximum atomic E-state index is 5.86. The molecule has 1 aliphatic rings. The number of aryl methyl sites for hydroxylation is 1. The minimum atomic E-state index is -0.109. The Kier molecular flexibility index (Phi) is 5.56. The van der Waals surface area contributed by atoms with E-state index in [2.05, 4.69) is 50.7 Å². The van der Waals surface area contributed by atoms with E-state index in [0.717, 1.165) is 34.3 Å². The van der Waals surface area contributed by atoms with Crippen LogP contribution in [0.4, 0.5) is 5.69 Å². The Morgan fingerprint density at radius 1 is 0.939 bits per heavy atom. The number of nitrogens with zero attached hydrogens (tertiary/aromatic N) is 4. The first-order valence-electron chi connectivity index (χ1n) is 10.8. The summed E-state index contributed by atoms with van der Waals surface area (Å²) < 4.78 is 7.68. The molecule has 0 spiro atoms. The van der Waals surface area contributed by atoms with Crippen LogP contribution in [0, 0.1) is 13.8 Å². The van der Waals surface area contributed by atoms with Crippen molar-refractivity contribution in [3.63, 3.8) is 0 Å². The third-order valence-corrected chi connectivity index (χ3v) is 6.41. The third kappa shape index (κ3) is 3.74. The lowest BCUT2D eigenvalue weighted by molar-refractivity contribution is 0.415. The van der Waals surface area contributed by atoms with Gasteiger partial charge in [0.25, 0.3) is 0 Å². The summed E-state index contributed by atoms with van der Waals surface area (Å²) in [5.74, 6) is 1.68. The second-order valence-electron chi connectivity index (χ2n) is 8.05. The fraction of sp³-hybridized carbons (Fsp3) is 0.192. The van der Waals surface area contributed by atoms with Crippen LogP contribution in [-0.4, -0.2) is 26.8 Å². The topological polar surface area (TPSA) is 55.2 Å². The second kappa shape index (κ2) is 8.67. The monoisotopic (exact) mass is 455 g/mol. The fourth-order valence-corrected chi connectivity index (χ4v) is 4.98. The molecule has 0 unspecified atom stereocenters. The lowest BCUT2D eigenvalue weighted by Crippen LogP contribution is -2.29. The van der Waals surface area contributed by atoms with Gasteiger partial charge in [-0.2, -0.15) is 0 Å². The van der Waals surface area contributed by atoms with Crippen LogP contribution in [0.5, 0.6) is 5.75 Å². The van der Waals surface area contributed by atoms with Crippen molar-refractivity contribution in [2.45, 2.75) is 25.9 Å². The van der Waals surface area contributed by atoms with E-state index >= 15 is 0 Å². The number of rotatable bonds is 5. The maximum absolute atomic E-state index is 5.86. The Hall–Kier alpha value is -3.71. The molecule has 4 aromatic rings. The van der Waals surface area contributed by atoms with Crippen LogP contribution in [0.1, 0.15) is 34.7 Å². The Morgan fingerprint density at radius 3 is 2.42 bits per heavy atom. The predicted octanol–water partition coefficient (Wildman–Crippen LogP) is 5.07. The Labute approximate surface area is 198 Å². The summed E-state index contributed by atoms with van der Waals surface area (Å²) in [6.45, 7) is 4.25. The van der Waals surface area contributed by atoms with Crippen LogP contribution in [0.2, 0.25) is 0 Å². The number of methoxy groups -OCH3 is 1. The molecule has 1 aliphatic heterocycles. The number of benzene rings is 1. The zero-order valence-corrected chi connectivity index (χ0v) is 19.6. The van der Waals surface area contributed by atoms with Gasteiger partial charge in [-0.3, -0.25) is 4.98 Å². The quantitative estimate of drug-likeness (QED) is 0.424. The molecule has 4 heterocycles. The molecule has 1 N–H and O–H groups in total. The fourth-order valence-electron chi connectivity index (χ4n) is 4.63. The highest BCUT2D eigenvalue weighted by atomic mass is 32.1. The highest BCUT2D eigenvalue weighted by Gasteiger charge is 2.42. The molecule has 1 fully saturated rings. The highest BCUT2D eigenvalue weighted by molar-refractivity contribution is 7.80. The van der Waals surface area contributed by atoms with Gasteiger partial charge in [0.2, 0.25) is 0 Å². The van der Waals surface area contributed by atoms with Gasteiger partial charge in [0, 0.05) is 35.5 Å². The summed E-state index contributed by atoms with van der Waals surface area (Å²) in [6, 6.07) is 22.0. The zero-order valence-electron chi connectivity index (χ0n) is 18.8. The van der Waals surface area contributed by atoms with Crippen molar-refractivity contribution in [3.05, 3.63) is 102 Å². The number of nitrogens with one attached hydrogen (secondary N) is 1. The minimum Gasteiger partial charge on any atom is -0.497 e. The van der Waals surface area contributed by atoms with Gasteiger partial charge in [0.1, 0.15) is 11.6 Å². The van der Waals surface area contributed by atoms with Gasteiger partial charge in [-0.05, 0) is 74.1 Å². The summed E-state index contributed by atoms with van der Waals surface area (Å²) >= 11 is 5.86. The van der Waals surface area contributed by atoms with Gasteiger partial charge in [-0.1, -0.05) is 18.2 Å². The van der Waals surface area contributed by atoms with Crippen LogP contribution in [-0.2, 0) is 0 Å². The first-order chi connectivity index (χ1) is 16.1. The van der Waals surface area contributed by atoms with E-state index in [1.165, 1.54) is 5.56 Å². The molecule has 0 aliphatic carbocycles. The van der Waals surface area contributed by atoms with Crippen molar-refractivity contribution in [2.75, 3.05) is 12.0 Å². The van der Waals surface area contributed by atoms with Crippen LogP contribution in [0.25, 0.3) is 5.82 Å². The number of ether oxygens (including phenoxy) is 1. The Bertz CT molecular complexity index is 1290. The Balaban J connectivity index is 1.68. The van der Waals surface area contributed by atoms with E-state index in [9.17, 15) is 0 Å². The number of hydrogen-bond donors (Lipinski definition) is 1. The molecule has 33 heavy (non-hydrogen) atoms. The number of anilines is 1. The molecular weight excluding hydrogens is 430 g/mol. The molecule has 0 radical (unpaired) electrons. The summed E-state index contributed by atoms with van der Waals surface area (Å²) in [7, 11) is 1.67. The number of pyridine rings is 2. The third-order valence-electron chi connectivity index (χ3n) is 6.10. The molecule has 0 amide bonds. The van der Waals surface area contributed by atoms with Gasteiger partial charge in [-0.25, -0.2) is 4.98 Å². The molecule has 2 atom stereocenters. The van der Waals surface area contributed by atoms with Gasteiger partial charge in [-0.15, -0.1) is 0 Å². The van der Waals surface area contributed by atoms with E-state index in [4.69, 9.17) is 17.0 Å². The van der Waals surface area contributed by atoms with Crippen molar-refractivity contribution in [1.29, 1.82) is 0 Å². The molecule has 1 saturated heterocycles. The maximum Gasteiger partial charge on any atom is 0.174 e. The summed E-state index contributed by atoms with van der Waals surface area (Å²) in [6.07, 6.45) is 3.64. The molecule has 0 bridgehead atoms. The second-order valence-corrected chi connectivity index (χ2v) is 8.43. The molecule has 166 valence electrons. The van der Waals surface area contributed by atoms with Crippen molar-refractivity contribution < 1.29 is 4.74 Å². The molecule has 6 nitrogen and oxygen atoms in total. The first kappa shape index (κ1) is 21.2. The average Bonchev–Trinajstić information content (AvgIpc) is 3.35. The standard InChI is InChI=1S/C26H25N5OS/c1-17-15-21(18(2)30(17)23-12-5-7-14-28-23)25-24(22-11-4-6-13-27-22)29-26(33)31(25)19-9-8-10-20(16-19)32-3/h4-16,24-25H,1-3H3,(H,29,33)/t24-,25+/m1/s1. The Morgan fingerprint density at radius 2 is 1.73 bits per heavy atom. The number of thiocarbonyl (C=S) groups is 1. The van der Waals surface area contributed by atoms with E-state index in [1.807, 2.05) is 67.0 Å². The molecule has 3 aromatic heterocycles. The van der Waals surface area contributed by atoms with Crippen LogP contribution in [0.15, 0.2) is 79.1 Å². The molecular formula is C26H25N5OS. The van der Waals surface area contributed by atoms with Gasteiger partial charge in [0.15, 0.2) is 5.11 Å². The van der Waals surface area contributed by atoms with E-state index < -0.39 is 0 Å². The first-order valence-corrected chi connectivity index (χ1v) is 11.2. The summed E-state index contributed by atoms with van der Waals surface area (Å²) in [4.78, 5) is 11.4. The summed E-state index contributed by atoms with van der Waals surface area (Å²) in [5.41, 5.74) is 5.32. The predicted molar refractivity (Wildman–Crippen MR) is 134 cm³/mol. The van der Waals surface area contributed by atoms with E-state index in [-0.39, 0.29) is 12.1 Å².